The van der Waals surface area contributed by atoms with Crippen LogP contribution in [0.25, 0.3) is 0 Å². The maximum Gasteiger partial charge on any atom is 0.335 e. The Morgan fingerprint density at radius 3 is 2.85 bits per heavy atom. The van der Waals surface area contributed by atoms with Crippen LogP contribution in [-0.4, -0.2) is 35.1 Å². The fraction of sp³-hybridized carbons (Fsp3) is 0.333. The van der Waals surface area contributed by atoms with E-state index < -0.39 is 5.97 Å². The summed E-state index contributed by atoms with van der Waals surface area (Å²) in [5, 5.41) is 11.7. The van der Waals surface area contributed by atoms with Crippen molar-refractivity contribution in [1.82, 2.24) is 10.2 Å². The Balaban J connectivity index is 1.90. The number of nitrogens with one attached hydrogen (secondary N) is 1. The van der Waals surface area contributed by atoms with Crippen molar-refractivity contribution in [1.29, 1.82) is 0 Å². The van der Waals surface area contributed by atoms with E-state index in [1.165, 1.54) is 11.6 Å². The highest BCUT2D eigenvalue weighted by atomic mass is 16.4. The number of hydrogen-bond acceptors (Lipinski definition) is 2. The largest absolute Gasteiger partial charge is 0.478 e. The summed E-state index contributed by atoms with van der Waals surface area (Å²) in [6.07, 6.45) is 2.95. The Hall–Kier alpha value is -2.30. The molecule has 1 aliphatic heterocycles. The normalized spacial score (nSPS) is 14.7. The highest BCUT2D eigenvalue weighted by Crippen LogP contribution is 2.10. The van der Waals surface area contributed by atoms with Gasteiger partial charge in [-0.3, -0.25) is 0 Å². The standard InChI is InChI=1S/C15H18N2O3/c1-11-5-7-17(8-6-11)15(20)16-10-12-3-2-4-13(9-12)14(18)19/h2-5,9H,6-8,10H2,1H3,(H,16,20)(H,18,19). The van der Waals surface area contributed by atoms with Crippen molar-refractivity contribution in [2.75, 3.05) is 13.1 Å². The first-order valence-corrected chi connectivity index (χ1v) is 6.57. The van der Waals surface area contributed by atoms with Crippen molar-refractivity contribution < 1.29 is 14.7 Å². The van der Waals surface area contributed by atoms with Crippen LogP contribution in [0.5, 0.6) is 0 Å². The Bertz CT molecular complexity index is 552. The van der Waals surface area contributed by atoms with Crippen molar-refractivity contribution in [2.45, 2.75) is 19.9 Å². The van der Waals surface area contributed by atoms with E-state index in [2.05, 4.69) is 12.2 Å². The van der Waals surface area contributed by atoms with Gasteiger partial charge < -0.3 is 15.3 Å². The minimum absolute atomic E-state index is 0.116. The number of benzene rings is 1. The van der Waals surface area contributed by atoms with E-state index in [0.717, 1.165) is 18.5 Å². The molecule has 0 aliphatic carbocycles. The van der Waals surface area contributed by atoms with E-state index in [1.54, 1.807) is 23.1 Å². The SMILES string of the molecule is CC1=CCN(C(=O)NCc2cccc(C(=O)O)c2)CC1. The molecule has 2 N–H and O–H groups in total. The lowest BCUT2D eigenvalue weighted by Gasteiger charge is -2.25. The Morgan fingerprint density at radius 2 is 2.20 bits per heavy atom. The van der Waals surface area contributed by atoms with Gasteiger partial charge in [-0.2, -0.15) is 0 Å². The summed E-state index contributed by atoms with van der Waals surface area (Å²) >= 11 is 0. The van der Waals surface area contributed by atoms with E-state index in [1.807, 2.05) is 6.08 Å². The predicted molar refractivity (Wildman–Crippen MR) is 75.6 cm³/mol. The van der Waals surface area contributed by atoms with Crippen LogP contribution in [0.4, 0.5) is 4.79 Å². The smallest absolute Gasteiger partial charge is 0.335 e. The second-order valence-corrected chi connectivity index (χ2v) is 4.91. The molecule has 0 saturated heterocycles. The number of nitrogens with zero attached hydrogens (tertiary/aromatic N) is 1. The summed E-state index contributed by atoms with van der Waals surface area (Å²) in [5.41, 5.74) is 2.32. The molecular formula is C15H18N2O3. The monoisotopic (exact) mass is 274 g/mol. The molecule has 0 aromatic heterocycles. The summed E-state index contributed by atoms with van der Waals surface area (Å²) in [6, 6.07) is 6.47. The summed E-state index contributed by atoms with van der Waals surface area (Å²) in [4.78, 5) is 24.6. The van der Waals surface area contributed by atoms with Gasteiger partial charge in [0.15, 0.2) is 0 Å². The van der Waals surface area contributed by atoms with Gasteiger partial charge >= 0.3 is 12.0 Å². The van der Waals surface area contributed by atoms with Crippen LogP contribution in [0.15, 0.2) is 35.9 Å². The van der Waals surface area contributed by atoms with Crippen LogP contribution in [0, 0.1) is 0 Å². The predicted octanol–water partition coefficient (Wildman–Crippen LogP) is 2.25. The number of urea groups is 1. The first-order valence-electron chi connectivity index (χ1n) is 6.57. The van der Waals surface area contributed by atoms with E-state index in [0.29, 0.717) is 13.1 Å². The second-order valence-electron chi connectivity index (χ2n) is 4.91. The summed E-state index contributed by atoms with van der Waals surface area (Å²) in [5.74, 6) is -0.963. The van der Waals surface area contributed by atoms with Gasteiger partial charge in [-0.1, -0.05) is 23.8 Å². The lowest BCUT2D eigenvalue weighted by atomic mass is 10.1. The summed E-state index contributed by atoms with van der Waals surface area (Å²) in [7, 11) is 0. The van der Waals surface area contributed by atoms with Crippen molar-refractivity contribution in [2.24, 2.45) is 0 Å². The molecule has 2 amide bonds. The molecular weight excluding hydrogens is 256 g/mol. The number of hydrogen-bond donors (Lipinski definition) is 2. The van der Waals surface area contributed by atoms with Gasteiger partial charge in [0.25, 0.3) is 0 Å². The Labute approximate surface area is 117 Å². The molecule has 1 aromatic rings. The zero-order chi connectivity index (χ0) is 14.5. The molecule has 106 valence electrons. The maximum absolute atomic E-state index is 12.0. The lowest BCUT2D eigenvalue weighted by molar-refractivity contribution is 0.0696. The molecule has 0 fully saturated rings. The molecule has 0 radical (unpaired) electrons. The van der Waals surface area contributed by atoms with Gasteiger partial charge in [0.2, 0.25) is 0 Å². The van der Waals surface area contributed by atoms with Crippen LogP contribution >= 0.6 is 0 Å². The molecule has 0 atom stereocenters. The minimum atomic E-state index is -0.963. The Morgan fingerprint density at radius 1 is 1.40 bits per heavy atom. The second kappa shape index (κ2) is 6.23. The molecule has 0 saturated carbocycles. The Kier molecular flexibility index (Phi) is 4.40. The quantitative estimate of drug-likeness (QED) is 0.830. The van der Waals surface area contributed by atoms with E-state index in [-0.39, 0.29) is 11.6 Å². The van der Waals surface area contributed by atoms with Gasteiger partial charge in [-0.25, -0.2) is 9.59 Å². The molecule has 0 unspecified atom stereocenters. The average Bonchev–Trinajstić information content (AvgIpc) is 2.46. The number of carbonyl (C=O) groups excluding carboxylic acids is 1. The number of amides is 2. The number of rotatable bonds is 3. The molecule has 0 bridgehead atoms. The van der Waals surface area contributed by atoms with Crippen LogP contribution in [-0.2, 0) is 6.54 Å². The third kappa shape index (κ3) is 3.60. The van der Waals surface area contributed by atoms with Crippen LogP contribution < -0.4 is 5.32 Å². The summed E-state index contributed by atoms with van der Waals surface area (Å²) in [6.45, 7) is 3.75. The zero-order valence-corrected chi connectivity index (χ0v) is 11.4. The first kappa shape index (κ1) is 14.1. The molecule has 1 aromatic carbocycles. The lowest BCUT2D eigenvalue weighted by Crippen LogP contribution is -2.41. The summed E-state index contributed by atoms with van der Waals surface area (Å²) < 4.78 is 0. The van der Waals surface area contributed by atoms with Gasteiger partial charge in [-0.05, 0) is 31.0 Å². The van der Waals surface area contributed by atoms with Crippen LogP contribution in [0.1, 0.15) is 29.3 Å². The topological polar surface area (TPSA) is 69.6 Å². The van der Waals surface area contributed by atoms with Gasteiger partial charge in [-0.15, -0.1) is 0 Å². The molecule has 20 heavy (non-hydrogen) atoms. The highest BCUT2D eigenvalue weighted by molar-refractivity contribution is 5.87. The van der Waals surface area contributed by atoms with Crippen LogP contribution in [0.2, 0.25) is 0 Å². The van der Waals surface area contributed by atoms with Gasteiger partial charge in [0.05, 0.1) is 5.56 Å². The molecule has 5 nitrogen and oxygen atoms in total. The zero-order valence-electron chi connectivity index (χ0n) is 11.4. The minimum Gasteiger partial charge on any atom is -0.478 e. The highest BCUT2D eigenvalue weighted by Gasteiger charge is 2.15. The van der Waals surface area contributed by atoms with Crippen molar-refractivity contribution in [3.63, 3.8) is 0 Å². The fourth-order valence-corrected chi connectivity index (χ4v) is 2.06. The molecule has 1 heterocycles. The third-order valence-corrected chi connectivity index (χ3v) is 3.34. The number of carboxylic acids is 1. The van der Waals surface area contributed by atoms with Crippen LogP contribution in [0.3, 0.4) is 0 Å². The number of aromatic carboxylic acids is 1. The number of carboxylic acid groups (broad SMARTS) is 1. The third-order valence-electron chi connectivity index (χ3n) is 3.34. The first-order chi connectivity index (χ1) is 9.56. The van der Waals surface area contributed by atoms with E-state index in [4.69, 9.17) is 5.11 Å². The molecule has 5 heteroatoms. The molecule has 0 spiro atoms. The average molecular weight is 274 g/mol. The van der Waals surface area contributed by atoms with Crippen molar-refractivity contribution >= 4 is 12.0 Å². The fourth-order valence-electron chi connectivity index (χ4n) is 2.06. The molecule has 2 rings (SSSR count). The van der Waals surface area contributed by atoms with Gasteiger partial charge in [0.1, 0.15) is 0 Å². The van der Waals surface area contributed by atoms with Gasteiger partial charge in [0, 0.05) is 19.6 Å². The van der Waals surface area contributed by atoms with Crippen molar-refractivity contribution in [3.8, 4) is 0 Å². The molecule has 1 aliphatic rings. The van der Waals surface area contributed by atoms with Crippen molar-refractivity contribution in [3.05, 3.63) is 47.0 Å². The van der Waals surface area contributed by atoms with E-state index in [9.17, 15) is 9.59 Å². The number of carbonyl (C=O) groups is 2. The maximum atomic E-state index is 12.0. The van der Waals surface area contributed by atoms with E-state index >= 15 is 0 Å².